The molecule has 156 valence electrons. The first-order valence-corrected chi connectivity index (χ1v) is 10.3. The van der Waals surface area contributed by atoms with Crippen LogP contribution in [0.25, 0.3) is 0 Å². The number of carbonyl (C=O) groups is 2. The number of amides is 2. The van der Waals surface area contributed by atoms with E-state index in [-0.39, 0.29) is 34.1 Å². The predicted octanol–water partition coefficient (Wildman–Crippen LogP) is 2.12. The average molecular weight is 442 g/mol. The zero-order chi connectivity index (χ0) is 21.8. The zero-order valence-corrected chi connectivity index (χ0v) is 17.7. The largest absolute Gasteiger partial charge is 0.343 e. The fourth-order valence-corrected chi connectivity index (χ4v) is 3.58. The van der Waals surface area contributed by atoms with Crippen molar-refractivity contribution in [3.8, 4) is 0 Å². The second kappa shape index (κ2) is 9.34. The predicted molar refractivity (Wildman–Crippen MR) is 108 cm³/mol. The van der Waals surface area contributed by atoms with Crippen LogP contribution < -0.4 is 5.32 Å². The Hall–Kier alpha value is -2.49. The molecule has 2 aromatic rings. The maximum absolute atomic E-state index is 13.9. The van der Waals surface area contributed by atoms with Gasteiger partial charge in [0.05, 0.1) is 11.4 Å². The lowest BCUT2D eigenvalue weighted by atomic mass is 10.2. The van der Waals surface area contributed by atoms with Gasteiger partial charge in [0.2, 0.25) is 15.9 Å². The normalized spacial score (nSPS) is 11.4. The summed E-state index contributed by atoms with van der Waals surface area (Å²) in [4.78, 5) is 25.8. The fraction of sp³-hybridized carbons (Fsp3) is 0.263. The van der Waals surface area contributed by atoms with E-state index in [2.05, 4.69) is 5.32 Å². The van der Waals surface area contributed by atoms with Gasteiger partial charge >= 0.3 is 0 Å². The van der Waals surface area contributed by atoms with E-state index in [1.165, 1.54) is 68.5 Å². The molecule has 10 heteroatoms. The number of sulfonamides is 1. The fourth-order valence-electron chi connectivity index (χ4n) is 2.41. The van der Waals surface area contributed by atoms with E-state index >= 15 is 0 Å². The van der Waals surface area contributed by atoms with Crippen molar-refractivity contribution < 1.29 is 22.4 Å². The third kappa shape index (κ3) is 5.53. The van der Waals surface area contributed by atoms with Crippen molar-refractivity contribution >= 4 is 33.4 Å². The van der Waals surface area contributed by atoms with E-state index in [1.54, 1.807) is 0 Å². The van der Waals surface area contributed by atoms with E-state index in [0.29, 0.717) is 0 Å². The van der Waals surface area contributed by atoms with Crippen molar-refractivity contribution in [3.05, 3.63) is 64.4 Å². The molecule has 2 rings (SSSR count). The lowest BCUT2D eigenvalue weighted by molar-refractivity contribution is -0.129. The summed E-state index contributed by atoms with van der Waals surface area (Å²) in [7, 11) is 0.544. The summed E-state index contributed by atoms with van der Waals surface area (Å²) in [5.74, 6) is -1.60. The number of halogens is 2. The standard InChI is InChI=1S/C19H21ClFN3O4S/c1-23(2)29(27,28)14-7-4-6-13(10-14)19(26)22-11-18(25)24(3)12-15-16(20)8-5-9-17(15)21/h4-10H,11-12H2,1-3H3,(H,22,26). The summed E-state index contributed by atoms with van der Waals surface area (Å²) in [5, 5.41) is 2.64. The van der Waals surface area contributed by atoms with E-state index < -0.39 is 27.7 Å². The third-order valence-corrected chi connectivity index (χ3v) is 6.32. The van der Waals surface area contributed by atoms with Crippen LogP contribution in [0.3, 0.4) is 0 Å². The van der Waals surface area contributed by atoms with E-state index in [9.17, 15) is 22.4 Å². The molecule has 2 amide bonds. The lowest BCUT2D eigenvalue weighted by Crippen LogP contribution is -2.38. The average Bonchev–Trinajstić information content (AvgIpc) is 2.68. The number of nitrogens with zero attached hydrogens (tertiary/aromatic N) is 2. The first-order valence-electron chi connectivity index (χ1n) is 8.51. The topological polar surface area (TPSA) is 86.8 Å². The first-order chi connectivity index (χ1) is 13.5. The van der Waals surface area contributed by atoms with Crippen LogP contribution in [-0.2, 0) is 21.4 Å². The Balaban J connectivity index is 2.03. The van der Waals surface area contributed by atoms with Gasteiger partial charge in [-0.15, -0.1) is 0 Å². The SMILES string of the molecule is CN(Cc1c(F)cccc1Cl)C(=O)CNC(=O)c1cccc(S(=O)(=O)N(C)C)c1. The molecule has 0 unspecified atom stereocenters. The molecule has 0 atom stereocenters. The Morgan fingerprint density at radius 2 is 1.76 bits per heavy atom. The molecule has 0 aromatic heterocycles. The second-order valence-electron chi connectivity index (χ2n) is 6.45. The van der Waals surface area contributed by atoms with Gasteiger partial charge in [0.1, 0.15) is 5.82 Å². The van der Waals surface area contributed by atoms with Crippen LogP contribution in [-0.4, -0.2) is 57.1 Å². The summed E-state index contributed by atoms with van der Waals surface area (Å²) in [5.41, 5.74) is 0.276. The van der Waals surface area contributed by atoms with Crippen molar-refractivity contribution in [1.29, 1.82) is 0 Å². The van der Waals surface area contributed by atoms with Gasteiger partial charge in [-0.2, -0.15) is 0 Å². The van der Waals surface area contributed by atoms with Crippen LogP contribution in [0.1, 0.15) is 15.9 Å². The third-order valence-electron chi connectivity index (χ3n) is 4.16. The molecule has 1 N–H and O–H groups in total. The smallest absolute Gasteiger partial charge is 0.251 e. The molecule has 0 spiro atoms. The molecule has 0 radical (unpaired) electrons. The van der Waals surface area contributed by atoms with Crippen LogP contribution in [0.15, 0.2) is 47.4 Å². The van der Waals surface area contributed by atoms with Crippen LogP contribution >= 0.6 is 11.6 Å². The maximum Gasteiger partial charge on any atom is 0.251 e. The first kappa shape index (κ1) is 22.8. The minimum absolute atomic E-state index is 0.0345. The maximum atomic E-state index is 13.9. The van der Waals surface area contributed by atoms with Gasteiger partial charge in [0.15, 0.2) is 0 Å². The Morgan fingerprint density at radius 1 is 1.10 bits per heavy atom. The van der Waals surface area contributed by atoms with Crippen molar-refractivity contribution in [2.75, 3.05) is 27.7 Å². The molecule has 0 aliphatic carbocycles. The Kier molecular flexibility index (Phi) is 7.34. The van der Waals surface area contributed by atoms with Crippen molar-refractivity contribution in [2.24, 2.45) is 0 Å². The number of likely N-dealkylation sites (N-methyl/N-ethyl adjacent to an activating group) is 1. The summed E-state index contributed by atoms with van der Waals surface area (Å²) >= 11 is 5.96. The number of benzene rings is 2. The summed E-state index contributed by atoms with van der Waals surface area (Å²) in [6.45, 7) is -0.400. The number of carbonyl (C=O) groups excluding carboxylic acids is 2. The monoisotopic (exact) mass is 441 g/mol. The highest BCUT2D eigenvalue weighted by Crippen LogP contribution is 2.20. The summed E-state index contributed by atoms with van der Waals surface area (Å²) < 4.78 is 39.3. The molecular formula is C19H21ClFN3O4S. The molecule has 7 nitrogen and oxygen atoms in total. The summed E-state index contributed by atoms with van der Waals surface area (Å²) in [6, 6.07) is 9.73. The number of hydrogen-bond donors (Lipinski definition) is 1. The highest BCUT2D eigenvalue weighted by molar-refractivity contribution is 7.89. The molecule has 0 aliphatic heterocycles. The van der Waals surface area contributed by atoms with Crippen molar-refractivity contribution in [1.82, 2.24) is 14.5 Å². The van der Waals surface area contributed by atoms with Gasteiger partial charge < -0.3 is 10.2 Å². The molecule has 0 heterocycles. The Bertz CT molecular complexity index is 1010. The number of rotatable bonds is 7. The van der Waals surface area contributed by atoms with Crippen LogP contribution in [0.2, 0.25) is 5.02 Å². The van der Waals surface area contributed by atoms with Gasteiger partial charge in [0.25, 0.3) is 5.91 Å². The Morgan fingerprint density at radius 3 is 2.38 bits per heavy atom. The van der Waals surface area contributed by atoms with E-state index in [4.69, 9.17) is 11.6 Å². The van der Waals surface area contributed by atoms with Gasteiger partial charge in [-0.05, 0) is 30.3 Å². The van der Waals surface area contributed by atoms with Gasteiger partial charge in [0, 0.05) is 43.8 Å². The summed E-state index contributed by atoms with van der Waals surface area (Å²) in [6.07, 6.45) is 0. The molecule has 0 saturated heterocycles. The van der Waals surface area contributed by atoms with Crippen molar-refractivity contribution in [2.45, 2.75) is 11.4 Å². The van der Waals surface area contributed by atoms with Gasteiger partial charge in [-0.1, -0.05) is 23.7 Å². The highest BCUT2D eigenvalue weighted by Gasteiger charge is 2.20. The molecule has 29 heavy (non-hydrogen) atoms. The molecule has 0 fully saturated rings. The second-order valence-corrected chi connectivity index (χ2v) is 9.01. The quantitative estimate of drug-likeness (QED) is 0.713. The Labute approximate surface area is 174 Å². The van der Waals surface area contributed by atoms with Crippen LogP contribution in [0, 0.1) is 5.82 Å². The van der Waals surface area contributed by atoms with Gasteiger partial charge in [-0.3, -0.25) is 9.59 Å². The molecule has 2 aromatic carbocycles. The number of hydrogen-bond acceptors (Lipinski definition) is 4. The molecule has 0 aliphatic rings. The number of nitrogens with one attached hydrogen (secondary N) is 1. The van der Waals surface area contributed by atoms with Crippen LogP contribution in [0.5, 0.6) is 0 Å². The van der Waals surface area contributed by atoms with E-state index in [1.807, 2.05) is 0 Å². The minimum atomic E-state index is -3.69. The molecule has 0 bridgehead atoms. The minimum Gasteiger partial charge on any atom is -0.343 e. The highest BCUT2D eigenvalue weighted by atomic mass is 35.5. The molecule has 0 saturated carbocycles. The van der Waals surface area contributed by atoms with E-state index in [0.717, 1.165) is 4.31 Å². The lowest BCUT2D eigenvalue weighted by Gasteiger charge is -2.19. The van der Waals surface area contributed by atoms with Gasteiger partial charge in [-0.25, -0.2) is 17.1 Å². The van der Waals surface area contributed by atoms with Crippen molar-refractivity contribution in [3.63, 3.8) is 0 Å². The zero-order valence-electron chi connectivity index (χ0n) is 16.1. The van der Waals surface area contributed by atoms with Crippen LogP contribution in [0.4, 0.5) is 4.39 Å². The molecular weight excluding hydrogens is 421 g/mol.